The number of carbonyl (C=O) groups excluding carboxylic acids is 2. The maximum atomic E-state index is 11.0. The van der Waals surface area contributed by atoms with Gasteiger partial charge in [0.05, 0.1) is 0 Å². The lowest BCUT2D eigenvalue weighted by Gasteiger charge is -2.04. The number of nitrogens with one attached hydrogen (secondary N) is 2. The first-order chi connectivity index (χ1) is 6.72. The van der Waals surface area contributed by atoms with Crippen molar-refractivity contribution in [1.82, 2.24) is 10.6 Å². The number of hydrogen-bond acceptors (Lipinski definition) is 3. The van der Waals surface area contributed by atoms with Gasteiger partial charge in [-0.2, -0.15) is 0 Å². The summed E-state index contributed by atoms with van der Waals surface area (Å²) in [5.41, 5.74) is 5.17. The van der Waals surface area contributed by atoms with Crippen molar-refractivity contribution in [3.63, 3.8) is 0 Å². The number of hydrogen-bond donors (Lipinski definition) is 3. The average molecular weight is 201 g/mol. The van der Waals surface area contributed by atoms with Gasteiger partial charge in [0.1, 0.15) is 0 Å². The Labute approximate surface area is 84.4 Å². The fourth-order valence-electron chi connectivity index (χ4n) is 0.923. The Morgan fingerprint density at radius 3 is 2.14 bits per heavy atom. The van der Waals surface area contributed by atoms with Gasteiger partial charge >= 0.3 is 11.8 Å². The highest BCUT2D eigenvalue weighted by molar-refractivity contribution is 6.35. The standard InChI is InChI=1S/C9H19N3O2/c1-2-3-4-6-11-8(13)9(14)12-7-5-10/h2-7,10H2,1H3,(H,11,13)(H,12,14). The molecule has 0 aliphatic heterocycles. The third-order valence-electron chi connectivity index (χ3n) is 1.70. The predicted molar refractivity (Wildman–Crippen MR) is 54.6 cm³/mol. The van der Waals surface area contributed by atoms with E-state index in [1.165, 1.54) is 0 Å². The van der Waals surface area contributed by atoms with Crippen molar-refractivity contribution < 1.29 is 9.59 Å². The summed E-state index contributed by atoms with van der Waals surface area (Å²) in [5, 5.41) is 4.93. The van der Waals surface area contributed by atoms with E-state index in [0.717, 1.165) is 19.3 Å². The molecule has 0 aliphatic rings. The Morgan fingerprint density at radius 2 is 1.64 bits per heavy atom. The first kappa shape index (κ1) is 12.9. The normalized spacial score (nSPS) is 9.57. The van der Waals surface area contributed by atoms with Crippen LogP contribution in [0.2, 0.25) is 0 Å². The minimum absolute atomic E-state index is 0.335. The molecule has 14 heavy (non-hydrogen) atoms. The summed E-state index contributed by atoms with van der Waals surface area (Å²) < 4.78 is 0. The molecule has 0 spiro atoms. The molecule has 0 unspecified atom stereocenters. The minimum Gasteiger partial charge on any atom is -0.348 e. The molecule has 0 rings (SSSR count). The lowest BCUT2D eigenvalue weighted by Crippen LogP contribution is -2.41. The summed E-state index contributed by atoms with van der Waals surface area (Å²) in [6, 6.07) is 0. The van der Waals surface area contributed by atoms with Crippen molar-refractivity contribution in [3.05, 3.63) is 0 Å². The second-order valence-electron chi connectivity index (χ2n) is 3.01. The maximum absolute atomic E-state index is 11.0. The number of unbranched alkanes of at least 4 members (excludes halogenated alkanes) is 2. The first-order valence-electron chi connectivity index (χ1n) is 4.98. The zero-order valence-electron chi connectivity index (χ0n) is 8.64. The average Bonchev–Trinajstić information content (AvgIpc) is 2.20. The molecule has 0 saturated heterocycles. The maximum Gasteiger partial charge on any atom is 0.309 e. The van der Waals surface area contributed by atoms with Crippen LogP contribution in [-0.2, 0) is 9.59 Å². The molecule has 0 saturated carbocycles. The van der Waals surface area contributed by atoms with Crippen LogP contribution in [0.4, 0.5) is 0 Å². The lowest BCUT2D eigenvalue weighted by molar-refractivity contribution is -0.139. The molecular weight excluding hydrogens is 182 g/mol. The Balaban J connectivity index is 3.47. The highest BCUT2D eigenvalue weighted by atomic mass is 16.2. The van der Waals surface area contributed by atoms with Crippen LogP contribution in [0, 0.1) is 0 Å². The van der Waals surface area contributed by atoms with Crippen molar-refractivity contribution in [3.8, 4) is 0 Å². The molecule has 4 N–H and O–H groups in total. The van der Waals surface area contributed by atoms with Gasteiger partial charge in [0.15, 0.2) is 0 Å². The minimum atomic E-state index is -0.605. The number of amides is 2. The Kier molecular flexibility index (Phi) is 7.83. The first-order valence-corrected chi connectivity index (χ1v) is 4.98. The third kappa shape index (κ3) is 6.42. The molecule has 5 heteroatoms. The van der Waals surface area contributed by atoms with Crippen molar-refractivity contribution in [2.75, 3.05) is 19.6 Å². The molecule has 0 bridgehead atoms. The molecule has 0 radical (unpaired) electrons. The van der Waals surface area contributed by atoms with E-state index in [2.05, 4.69) is 17.6 Å². The molecule has 0 aliphatic carbocycles. The molecule has 0 aromatic heterocycles. The van der Waals surface area contributed by atoms with Gasteiger partial charge in [0.2, 0.25) is 0 Å². The lowest BCUT2D eigenvalue weighted by atomic mass is 10.2. The fraction of sp³-hybridized carbons (Fsp3) is 0.778. The van der Waals surface area contributed by atoms with Crippen LogP contribution in [0.15, 0.2) is 0 Å². The molecule has 0 aromatic carbocycles. The number of rotatable bonds is 6. The number of carbonyl (C=O) groups is 2. The second kappa shape index (κ2) is 8.50. The number of nitrogens with two attached hydrogens (primary N) is 1. The second-order valence-corrected chi connectivity index (χ2v) is 3.01. The van der Waals surface area contributed by atoms with Crippen LogP contribution in [0.5, 0.6) is 0 Å². The Hall–Kier alpha value is -1.10. The van der Waals surface area contributed by atoms with Crippen molar-refractivity contribution in [2.24, 2.45) is 5.73 Å². The summed E-state index contributed by atoms with van der Waals surface area (Å²) in [6.45, 7) is 3.31. The van der Waals surface area contributed by atoms with Gasteiger partial charge in [0, 0.05) is 19.6 Å². The monoisotopic (exact) mass is 201 g/mol. The van der Waals surface area contributed by atoms with E-state index in [1.54, 1.807) is 0 Å². The van der Waals surface area contributed by atoms with Crippen LogP contribution in [0.25, 0.3) is 0 Å². The highest BCUT2D eigenvalue weighted by Gasteiger charge is 2.10. The molecule has 0 atom stereocenters. The molecule has 0 fully saturated rings. The Morgan fingerprint density at radius 1 is 1.07 bits per heavy atom. The Bertz CT molecular complexity index is 183. The van der Waals surface area contributed by atoms with Gasteiger partial charge in [-0.25, -0.2) is 0 Å². The van der Waals surface area contributed by atoms with Crippen molar-refractivity contribution in [1.29, 1.82) is 0 Å². The van der Waals surface area contributed by atoms with Crippen molar-refractivity contribution >= 4 is 11.8 Å². The van der Waals surface area contributed by atoms with E-state index in [4.69, 9.17) is 5.73 Å². The van der Waals surface area contributed by atoms with Gasteiger partial charge < -0.3 is 16.4 Å². The van der Waals surface area contributed by atoms with Gasteiger partial charge in [-0.1, -0.05) is 19.8 Å². The smallest absolute Gasteiger partial charge is 0.309 e. The molecule has 0 aromatic rings. The van der Waals surface area contributed by atoms with Crippen LogP contribution < -0.4 is 16.4 Å². The van der Waals surface area contributed by atoms with Crippen molar-refractivity contribution in [2.45, 2.75) is 26.2 Å². The van der Waals surface area contributed by atoms with E-state index in [-0.39, 0.29) is 0 Å². The largest absolute Gasteiger partial charge is 0.348 e. The van der Waals surface area contributed by atoms with Crippen LogP contribution in [0.1, 0.15) is 26.2 Å². The summed E-state index contributed by atoms with van der Waals surface area (Å²) >= 11 is 0. The molecule has 5 nitrogen and oxygen atoms in total. The molecule has 82 valence electrons. The topological polar surface area (TPSA) is 84.2 Å². The third-order valence-corrected chi connectivity index (χ3v) is 1.70. The van der Waals surface area contributed by atoms with Crippen LogP contribution >= 0.6 is 0 Å². The van der Waals surface area contributed by atoms with Crippen LogP contribution in [-0.4, -0.2) is 31.4 Å². The van der Waals surface area contributed by atoms with E-state index < -0.39 is 11.8 Å². The zero-order chi connectivity index (χ0) is 10.8. The highest BCUT2D eigenvalue weighted by Crippen LogP contribution is 1.90. The predicted octanol–water partition coefficient (Wildman–Crippen LogP) is -0.632. The van der Waals surface area contributed by atoms with E-state index in [9.17, 15) is 9.59 Å². The zero-order valence-corrected chi connectivity index (χ0v) is 8.64. The van der Waals surface area contributed by atoms with E-state index in [0.29, 0.717) is 19.6 Å². The SMILES string of the molecule is CCCCCNC(=O)C(=O)NCCN. The summed E-state index contributed by atoms with van der Waals surface area (Å²) in [6.07, 6.45) is 3.06. The summed E-state index contributed by atoms with van der Waals surface area (Å²) in [7, 11) is 0. The molecule has 2 amide bonds. The van der Waals surface area contributed by atoms with Gasteiger partial charge in [0.25, 0.3) is 0 Å². The van der Waals surface area contributed by atoms with E-state index >= 15 is 0 Å². The molecular formula is C9H19N3O2. The summed E-state index contributed by atoms with van der Waals surface area (Å²) in [4.78, 5) is 22.0. The summed E-state index contributed by atoms with van der Waals surface area (Å²) in [5.74, 6) is -1.18. The van der Waals surface area contributed by atoms with Gasteiger partial charge in [-0.3, -0.25) is 9.59 Å². The van der Waals surface area contributed by atoms with Gasteiger partial charge in [-0.05, 0) is 6.42 Å². The van der Waals surface area contributed by atoms with E-state index in [1.807, 2.05) is 0 Å². The van der Waals surface area contributed by atoms with Gasteiger partial charge in [-0.15, -0.1) is 0 Å². The molecule has 0 heterocycles. The van der Waals surface area contributed by atoms with Crippen LogP contribution in [0.3, 0.4) is 0 Å². The quantitative estimate of drug-likeness (QED) is 0.395. The fourth-order valence-corrected chi connectivity index (χ4v) is 0.923.